The fraction of sp³-hybridized carbons (Fsp3) is 0.524. The molecule has 24 heavy (non-hydrogen) atoms. The SMILES string of the molecule is CC1=CP(=O)(c2c(C(C)C)cc(C(C)C)cc2C(C)C)CC=C1Cl. The van der Waals surface area contributed by atoms with Gasteiger partial charge in [-0.05, 0) is 52.8 Å². The minimum atomic E-state index is -2.62. The van der Waals surface area contributed by atoms with Gasteiger partial charge < -0.3 is 4.57 Å². The molecule has 0 N–H and O–H groups in total. The highest BCUT2D eigenvalue weighted by Gasteiger charge is 2.32. The van der Waals surface area contributed by atoms with Crippen LogP contribution in [-0.2, 0) is 4.57 Å². The van der Waals surface area contributed by atoms with E-state index in [0.29, 0.717) is 23.9 Å². The Kier molecular flexibility index (Phi) is 5.88. The molecule has 0 bridgehead atoms. The Hall–Kier alpha value is -0.780. The highest BCUT2D eigenvalue weighted by Crippen LogP contribution is 2.54. The van der Waals surface area contributed by atoms with Gasteiger partial charge in [-0.15, -0.1) is 0 Å². The van der Waals surface area contributed by atoms with Gasteiger partial charge in [-0.25, -0.2) is 0 Å². The van der Waals surface area contributed by atoms with Gasteiger partial charge in [0.1, 0.15) is 7.14 Å². The second kappa shape index (κ2) is 7.22. The van der Waals surface area contributed by atoms with E-state index in [1.807, 2.05) is 18.8 Å². The molecule has 0 saturated carbocycles. The Balaban J connectivity index is 2.80. The minimum Gasteiger partial charge on any atom is -0.314 e. The second-order valence-electron chi connectivity index (χ2n) is 7.85. The lowest BCUT2D eigenvalue weighted by Crippen LogP contribution is -2.22. The normalized spacial score (nSPS) is 21.5. The molecule has 0 saturated heterocycles. The van der Waals surface area contributed by atoms with Crippen LogP contribution in [0.2, 0.25) is 0 Å². The van der Waals surface area contributed by atoms with E-state index in [-0.39, 0.29) is 0 Å². The van der Waals surface area contributed by atoms with Gasteiger partial charge in [0.05, 0.1) is 0 Å². The van der Waals surface area contributed by atoms with Crippen LogP contribution in [0.15, 0.2) is 34.6 Å². The van der Waals surface area contributed by atoms with Crippen LogP contribution in [0.25, 0.3) is 0 Å². The first-order valence-electron chi connectivity index (χ1n) is 8.89. The molecule has 132 valence electrons. The lowest BCUT2D eigenvalue weighted by atomic mass is 9.89. The Morgan fingerprint density at radius 1 is 0.958 bits per heavy atom. The smallest absolute Gasteiger partial charge is 0.140 e. The number of allylic oxidation sites excluding steroid dienone is 3. The molecule has 2 rings (SSSR count). The summed E-state index contributed by atoms with van der Waals surface area (Å²) in [6, 6.07) is 4.55. The quantitative estimate of drug-likeness (QED) is 0.521. The molecular weight excluding hydrogens is 335 g/mol. The molecule has 1 atom stereocenters. The van der Waals surface area contributed by atoms with Gasteiger partial charge in [0.15, 0.2) is 0 Å². The van der Waals surface area contributed by atoms with Crippen molar-refractivity contribution in [2.24, 2.45) is 0 Å². The molecule has 1 aromatic carbocycles. The molecule has 0 spiro atoms. The van der Waals surface area contributed by atoms with Crippen LogP contribution in [0, 0.1) is 0 Å². The third-order valence-electron chi connectivity index (χ3n) is 4.80. The van der Waals surface area contributed by atoms with Crippen LogP contribution < -0.4 is 5.30 Å². The average molecular weight is 365 g/mol. The summed E-state index contributed by atoms with van der Waals surface area (Å²) in [5.74, 6) is 3.10. The largest absolute Gasteiger partial charge is 0.314 e. The first-order valence-corrected chi connectivity index (χ1v) is 11.2. The van der Waals surface area contributed by atoms with Crippen molar-refractivity contribution in [3.05, 3.63) is 51.3 Å². The molecule has 0 aliphatic carbocycles. The Morgan fingerprint density at radius 2 is 1.46 bits per heavy atom. The average Bonchev–Trinajstić information content (AvgIpc) is 2.49. The fourth-order valence-electron chi connectivity index (χ4n) is 3.31. The molecule has 1 heterocycles. The van der Waals surface area contributed by atoms with Crippen molar-refractivity contribution in [2.45, 2.75) is 66.2 Å². The fourth-order valence-corrected chi connectivity index (χ4v) is 6.79. The Bertz CT molecular complexity index is 709. The molecule has 1 aliphatic rings. The number of hydrogen-bond donors (Lipinski definition) is 0. The standard InChI is InChI=1S/C21H30ClOP/c1-13(2)17-10-18(14(3)4)21(19(11-17)15(5)6)24(23)9-8-20(22)16(7)12-24/h8,10-15H,9H2,1-7H3. The van der Waals surface area contributed by atoms with E-state index in [0.717, 1.165) is 15.9 Å². The van der Waals surface area contributed by atoms with Crippen molar-refractivity contribution in [1.82, 2.24) is 0 Å². The van der Waals surface area contributed by atoms with Gasteiger partial charge in [0.2, 0.25) is 0 Å². The highest BCUT2D eigenvalue weighted by atomic mass is 35.5. The van der Waals surface area contributed by atoms with Crippen LogP contribution in [0.5, 0.6) is 0 Å². The first kappa shape index (κ1) is 19.5. The molecule has 1 unspecified atom stereocenters. The third kappa shape index (κ3) is 3.73. The Labute approximate surface area is 152 Å². The molecule has 1 aromatic rings. The lowest BCUT2D eigenvalue weighted by molar-refractivity contribution is 0.587. The summed E-state index contributed by atoms with van der Waals surface area (Å²) in [5, 5.41) is 1.81. The van der Waals surface area contributed by atoms with Crippen molar-refractivity contribution in [3.63, 3.8) is 0 Å². The molecule has 0 aromatic heterocycles. The van der Waals surface area contributed by atoms with Crippen LogP contribution >= 0.6 is 18.7 Å². The maximum atomic E-state index is 13.9. The molecule has 3 heteroatoms. The maximum absolute atomic E-state index is 13.9. The van der Waals surface area contributed by atoms with Crippen LogP contribution in [0.4, 0.5) is 0 Å². The molecular formula is C21H30ClOP. The third-order valence-corrected chi connectivity index (χ3v) is 8.06. The van der Waals surface area contributed by atoms with E-state index in [1.54, 1.807) is 0 Å². The van der Waals surface area contributed by atoms with Gasteiger partial charge in [-0.1, -0.05) is 71.4 Å². The topological polar surface area (TPSA) is 17.1 Å². The number of hydrogen-bond acceptors (Lipinski definition) is 1. The maximum Gasteiger partial charge on any atom is 0.140 e. The minimum absolute atomic E-state index is 0.345. The summed E-state index contributed by atoms with van der Waals surface area (Å²) in [7, 11) is -2.62. The van der Waals surface area contributed by atoms with Crippen molar-refractivity contribution in [1.29, 1.82) is 0 Å². The molecule has 0 amide bonds. The van der Waals surface area contributed by atoms with Crippen molar-refractivity contribution < 1.29 is 4.57 Å². The van der Waals surface area contributed by atoms with Crippen LogP contribution in [-0.4, -0.2) is 6.16 Å². The summed E-state index contributed by atoms with van der Waals surface area (Å²) in [5.41, 5.74) is 4.75. The second-order valence-corrected chi connectivity index (χ2v) is 10.9. The summed E-state index contributed by atoms with van der Waals surface area (Å²) in [4.78, 5) is 0. The molecule has 0 fully saturated rings. The number of benzene rings is 1. The van der Waals surface area contributed by atoms with Crippen LogP contribution in [0.1, 0.15) is 82.9 Å². The van der Waals surface area contributed by atoms with E-state index in [9.17, 15) is 4.57 Å². The van der Waals surface area contributed by atoms with E-state index in [2.05, 4.69) is 53.7 Å². The van der Waals surface area contributed by atoms with E-state index in [4.69, 9.17) is 11.6 Å². The molecule has 0 radical (unpaired) electrons. The van der Waals surface area contributed by atoms with E-state index in [1.165, 1.54) is 16.7 Å². The van der Waals surface area contributed by atoms with Gasteiger partial charge in [-0.3, -0.25) is 0 Å². The van der Waals surface area contributed by atoms with Crippen molar-refractivity contribution in [2.75, 3.05) is 6.16 Å². The Morgan fingerprint density at radius 3 is 1.83 bits per heavy atom. The summed E-state index contributed by atoms with van der Waals surface area (Å²) in [6.45, 7) is 15.2. The predicted molar refractivity (Wildman–Crippen MR) is 109 cm³/mol. The van der Waals surface area contributed by atoms with Gasteiger partial charge in [-0.2, -0.15) is 0 Å². The monoisotopic (exact) mass is 364 g/mol. The number of rotatable bonds is 4. The van der Waals surface area contributed by atoms with E-state index >= 15 is 0 Å². The van der Waals surface area contributed by atoms with Gasteiger partial charge >= 0.3 is 0 Å². The van der Waals surface area contributed by atoms with Gasteiger partial charge in [0.25, 0.3) is 0 Å². The number of halogens is 1. The first-order chi connectivity index (χ1) is 11.1. The van der Waals surface area contributed by atoms with Crippen LogP contribution in [0.3, 0.4) is 0 Å². The van der Waals surface area contributed by atoms with Crippen molar-refractivity contribution >= 4 is 24.0 Å². The van der Waals surface area contributed by atoms with Gasteiger partial charge in [0, 0.05) is 16.5 Å². The summed E-state index contributed by atoms with van der Waals surface area (Å²) >= 11 is 6.23. The highest BCUT2D eigenvalue weighted by molar-refractivity contribution is 7.75. The summed E-state index contributed by atoms with van der Waals surface area (Å²) < 4.78 is 13.9. The molecule has 1 nitrogen and oxygen atoms in total. The molecule has 1 aliphatic heterocycles. The predicted octanol–water partition coefficient (Wildman–Crippen LogP) is 7.09. The zero-order valence-corrected chi connectivity index (χ0v) is 17.6. The summed E-state index contributed by atoms with van der Waals surface area (Å²) in [6.07, 6.45) is 2.46. The van der Waals surface area contributed by atoms with Crippen molar-refractivity contribution in [3.8, 4) is 0 Å². The lowest BCUT2D eigenvalue weighted by Gasteiger charge is -2.28. The van der Waals surface area contributed by atoms with E-state index < -0.39 is 7.14 Å². The zero-order valence-electron chi connectivity index (χ0n) is 16.0. The zero-order chi connectivity index (χ0) is 18.2.